The lowest BCUT2D eigenvalue weighted by Gasteiger charge is -2.27. The Bertz CT molecular complexity index is 617. The van der Waals surface area contributed by atoms with Crippen LogP contribution in [0.1, 0.15) is 11.5 Å². The summed E-state index contributed by atoms with van der Waals surface area (Å²) >= 11 is 0. The lowest BCUT2D eigenvalue weighted by Crippen LogP contribution is -2.40. The minimum absolute atomic E-state index is 0.123. The van der Waals surface area contributed by atoms with Gasteiger partial charge in [0.25, 0.3) is 0 Å². The number of aromatic nitrogens is 5. The second-order valence-corrected chi connectivity index (χ2v) is 5.43. The molecule has 112 valence electrons. The van der Waals surface area contributed by atoms with Gasteiger partial charge in [-0.1, -0.05) is 0 Å². The summed E-state index contributed by atoms with van der Waals surface area (Å²) in [6.07, 6.45) is 5.26. The fraction of sp³-hybridized carbons (Fsp3) is 0.538. The predicted octanol–water partition coefficient (Wildman–Crippen LogP) is -0.573. The molecule has 3 heterocycles. The first-order chi connectivity index (χ1) is 10.1. The fourth-order valence-electron chi connectivity index (χ4n) is 2.39. The fourth-order valence-corrected chi connectivity index (χ4v) is 2.39. The molecular weight excluding hydrogens is 270 g/mol. The Kier molecular flexibility index (Phi) is 3.70. The zero-order chi connectivity index (χ0) is 14.8. The highest BCUT2D eigenvalue weighted by Gasteiger charge is 2.21. The standard InChI is InChI=1S/C13H19N7O/c1-17(2)13(21)8-18-3-4-19-5-11(16-12(19)7-18)6-20-10-14-9-15-20/h5,9-10H,3-4,6-8H2,1-2H3. The Morgan fingerprint density at radius 3 is 2.95 bits per heavy atom. The molecule has 2 aromatic heterocycles. The van der Waals surface area contributed by atoms with Gasteiger partial charge in [0, 0.05) is 33.4 Å². The summed E-state index contributed by atoms with van der Waals surface area (Å²) < 4.78 is 3.91. The van der Waals surface area contributed by atoms with Crippen LogP contribution in [0, 0.1) is 0 Å². The number of amides is 1. The predicted molar refractivity (Wildman–Crippen MR) is 75.3 cm³/mol. The van der Waals surface area contributed by atoms with E-state index < -0.39 is 0 Å². The molecule has 0 aromatic carbocycles. The van der Waals surface area contributed by atoms with E-state index in [2.05, 4.69) is 30.7 Å². The number of carbonyl (C=O) groups is 1. The third kappa shape index (κ3) is 3.10. The van der Waals surface area contributed by atoms with Gasteiger partial charge in [-0.05, 0) is 0 Å². The van der Waals surface area contributed by atoms with Gasteiger partial charge in [-0.25, -0.2) is 14.6 Å². The van der Waals surface area contributed by atoms with Crippen molar-refractivity contribution in [2.45, 2.75) is 19.6 Å². The number of nitrogens with zero attached hydrogens (tertiary/aromatic N) is 7. The van der Waals surface area contributed by atoms with Crippen molar-refractivity contribution in [2.24, 2.45) is 0 Å². The number of carbonyl (C=O) groups excluding carboxylic acids is 1. The summed E-state index contributed by atoms with van der Waals surface area (Å²) in [6, 6.07) is 0. The normalized spacial score (nSPS) is 15.0. The van der Waals surface area contributed by atoms with Crippen molar-refractivity contribution < 1.29 is 4.79 Å². The molecule has 3 rings (SSSR count). The van der Waals surface area contributed by atoms with Crippen molar-refractivity contribution in [3.63, 3.8) is 0 Å². The van der Waals surface area contributed by atoms with Crippen LogP contribution in [0.2, 0.25) is 0 Å². The minimum atomic E-state index is 0.123. The molecule has 0 bridgehead atoms. The third-order valence-electron chi connectivity index (χ3n) is 3.58. The lowest BCUT2D eigenvalue weighted by atomic mass is 10.3. The zero-order valence-corrected chi connectivity index (χ0v) is 12.3. The number of imidazole rings is 1. The van der Waals surface area contributed by atoms with Crippen LogP contribution in [0.5, 0.6) is 0 Å². The molecule has 0 saturated carbocycles. The van der Waals surface area contributed by atoms with Gasteiger partial charge in [-0.15, -0.1) is 0 Å². The van der Waals surface area contributed by atoms with E-state index in [1.165, 1.54) is 6.33 Å². The maximum Gasteiger partial charge on any atom is 0.236 e. The van der Waals surface area contributed by atoms with Crippen LogP contribution >= 0.6 is 0 Å². The van der Waals surface area contributed by atoms with E-state index in [-0.39, 0.29) is 5.91 Å². The largest absolute Gasteiger partial charge is 0.348 e. The van der Waals surface area contributed by atoms with Gasteiger partial charge in [0.05, 0.1) is 25.3 Å². The first-order valence-corrected chi connectivity index (χ1v) is 6.91. The number of fused-ring (bicyclic) bond motifs is 1. The van der Waals surface area contributed by atoms with Crippen molar-refractivity contribution in [1.29, 1.82) is 0 Å². The van der Waals surface area contributed by atoms with Crippen LogP contribution in [0.15, 0.2) is 18.9 Å². The molecule has 1 aliphatic heterocycles. The second kappa shape index (κ2) is 5.65. The molecule has 8 heteroatoms. The Labute approximate surface area is 123 Å². The summed E-state index contributed by atoms with van der Waals surface area (Å²) in [5, 5.41) is 4.09. The van der Waals surface area contributed by atoms with Gasteiger partial charge >= 0.3 is 0 Å². The second-order valence-electron chi connectivity index (χ2n) is 5.43. The molecule has 0 saturated heterocycles. The van der Waals surface area contributed by atoms with Crippen LogP contribution in [0.25, 0.3) is 0 Å². The molecule has 1 aliphatic rings. The summed E-state index contributed by atoms with van der Waals surface area (Å²) in [6.45, 7) is 3.50. The highest BCUT2D eigenvalue weighted by atomic mass is 16.2. The molecule has 0 fully saturated rings. The van der Waals surface area contributed by atoms with Gasteiger partial charge in [0.1, 0.15) is 18.5 Å². The Hall–Kier alpha value is -2.22. The highest BCUT2D eigenvalue weighted by Crippen LogP contribution is 2.13. The van der Waals surface area contributed by atoms with Gasteiger partial charge in [-0.3, -0.25) is 9.69 Å². The Balaban J connectivity index is 1.66. The quantitative estimate of drug-likeness (QED) is 0.753. The van der Waals surface area contributed by atoms with Crippen molar-refractivity contribution in [2.75, 3.05) is 27.2 Å². The average molecular weight is 289 g/mol. The van der Waals surface area contributed by atoms with Crippen LogP contribution in [0.4, 0.5) is 0 Å². The molecule has 2 aromatic rings. The van der Waals surface area contributed by atoms with Crippen LogP contribution in [-0.2, 0) is 24.4 Å². The third-order valence-corrected chi connectivity index (χ3v) is 3.58. The van der Waals surface area contributed by atoms with E-state index in [0.717, 1.165) is 24.6 Å². The van der Waals surface area contributed by atoms with Crippen LogP contribution in [0.3, 0.4) is 0 Å². The van der Waals surface area contributed by atoms with Crippen molar-refractivity contribution in [1.82, 2.24) is 34.1 Å². The van der Waals surface area contributed by atoms with E-state index in [1.807, 2.05) is 0 Å². The highest BCUT2D eigenvalue weighted by molar-refractivity contribution is 5.77. The van der Waals surface area contributed by atoms with E-state index in [9.17, 15) is 4.79 Å². The first-order valence-electron chi connectivity index (χ1n) is 6.91. The smallest absolute Gasteiger partial charge is 0.236 e. The van der Waals surface area contributed by atoms with Crippen molar-refractivity contribution in [3.8, 4) is 0 Å². The number of hydrogen-bond donors (Lipinski definition) is 0. The minimum Gasteiger partial charge on any atom is -0.348 e. The molecule has 21 heavy (non-hydrogen) atoms. The SMILES string of the molecule is CN(C)C(=O)CN1CCn2cc(Cn3cncn3)nc2C1. The molecule has 0 aliphatic carbocycles. The van der Waals surface area contributed by atoms with E-state index in [1.54, 1.807) is 30.0 Å². The summed E-state index contributed by atoms with van der Waals surface area (Å²) in [7, 11) is 3.56. The maximum absolute atomic E-state index is 11.8. The molecule has 1 amide bonds. The topological polar surface area (TPSA) is 72.1 Å². The molecule has 0 N–H and O–H groups in total. The van der Waals surface area contributed by atoms with E-state index in [0.29, 0.717) is 19.6 Å². The van der Waals surface area contributed by atoms with Crippen molar-refractivity contribution >= 4 is 5.91 Å². The number of likely N-dealkylation sites (N-methyl/N-ethyl adjacent to an activating group) is 1. The van der Waals surface area contributed by atoms with Crippen LogP contribution in [-0.4, -0.2) is 67.2 Å². The Morgan fingerprint density at radius 2 is 2.24 bits per heavy atom. The lowest BCUT2D eigenvalue weighted by molar-refractivity contribution is -0.130. The van der Waals surface area contributed by atoms with Gasteiger partial charge in [0.15, 0.2) is 0 Å². The van der Waals surface area contributed by atoms with E-state index in [4.69, 9.17) is 0 Å². The Morgan fingerprint density at radius 1 is 1.38 bits per heavy atom. The van der Waals surface area contributed by atoms with Crippen LogP contribution < -0.4 is 0 Å². The summed E-state index contributed by atoms with van der Waals surface area (Å²) in [4.78, 5) is 24.1. The maximum atomic E-state index is 11.8. The summed E-state index contributed by atoms with van der Waals surface area (Å²) in [5.74, 6) is 1.13. The zero-order valence-electron chi connectivity index (χ0n) is 12.3. The molecule has 0 atom stereocenters. The molecule has 0 unspecified atom stereocenters. The van der Waals surface area contributed by atoms with E-state index >= 15 is 0 Å². The number of rotatable bonds is 4. The number of hydrogen-bond acceptors (Lipinski definition) is 5. The van der Waals surface area contributed by atoms with Gasteiger partial charge in [-0.2, -0.15) is 5.10 Å². The summed E-state index contributed by atoms with van der Waals surface area (Å²) in [5.41, 5.74) is 0.969. The van der Waals surface area contributed by atoms with Crippen molar-refractivity contribution in [3.05, 3.63) is 30.4 Å². The van der Waals surface area contributed by atoms with Gasteiger partial charge in [0.2, 0.25) is 5.91 Å². The monoisotopic (exact) mass is 289 g/mol. The average Bonchev–Trinajstić information content (AvgIpc) is 3.07. The molecule has 0 radical (unpaired) electrons. The molecule has 8 nitrogen and oxygen atoms in total. The molecule has 0 spiro atoms. The first kappa shape index (κ1) is 13.7. The van der Waals surface area contributed by atoms with Gasteiger partial charge < -0.3 is 9.47 Å². The molecular formula is C13H19N7O.